The van der Waals surface area contributed by atoms with Gasteiger partial charge in [0.05, 0.1) is 0 Å². The highest BCUT2D eigenvalue weighted by Crippen LogP contribution is 2.24. The Morgan fingerprint density at radius 2 is 1.81 bits per heavy atom. The van der Waals surface area contributed by atoms with Crippen molar-refractivity contribution in [1.29, 1.82) is 0 Å². The summed E-state index contributed by atoms with van der Waals surface area (Å²) in [5, 5.41) is 3.71. The number of rotatable bonds is 6. The largest absolute Gasteiger partial charge is 0.319 e. The van der Waals surface area contributed by atoms with Crippen LogP contribution in [-0.2, 0) is 12.8 Å². The van der Waals surface area contributed by atoms with Gasteiger partial charge in [0.1, 0.15) is 5.82 Å². The van der Waals surface area contributed by atoms with Crippen LogP contribution in [0.25, 0.3) is 0 Å². The summed E-state index contributed by atoms with van der Waals surface area (Å²) in [4.78, 5) is 0. The van der Waals surface area contributed by atoms with Crippen LogP contribution in [0.4, 0.5) is 4.39 Å². The van der Waals surface area contributed by atoms with Gasteiger partial charge in [-0.1, -0.05) is 47.5 Å². The normalized spacial score (nSPS) is 12.4. The van der Waals surface area contributed by atoms with E-state index in [4.69, 9.17) is 11.6 Å². The fourth-order valence-corrected chi connectivity index (χ4v) is 2.82. The summed E-state index contributed by atoms with van der Waals surface area (Å²) in [5.41, 5.74) is 3.14. The average Bonchev–Trinajstić information content (AvgIpc) is 2.45. The Bertz CT molecular complexity index is 560. The van der Waals surface area contributed by atoms with E-state index in [9.17, 15) is 4.39 Å². The lowest BCUT2D eigenvalue weighted by atomic mass is 9.92. The van der Waals surface area contributed by atoms with Crippen LogP contribution in [0.3, 0.4) is 0 Å². The summed E-state index contributed by atoms with van der Waals surface area (Å²) in [6, 6.07) is 13.4. The highest BCUT2D eigenvalue weighted by Gasteiger charge is 2.15. The molecule has 1 N–H and O–H groups in total. The first-order valence-electron chi connectivity index (χ1n) is 7.23. The SMILES string of the molecule is CNCC(Cc1ccc(C)cc1)Cc1c(F)cccc1Cl. The van der Waals surface area contributed by atoms with Crippen molar-refractivity contribution in [3.63, 3.8) is 0 Å². The molecule has 2 aromatic carbocycles. The van der Waals surface area contributed by atoms with Crippen molar-refractivity contribution in [3.8, 4) is 0 Å². The quantitative estimate of drug-likeness (QED) is 0.833. The first-order valence-corrected chi connectivity index (χ1v) is 7.61. The van der Waals surface area contributed by atoms with Crippen molar-refractivity contribution in [2.75, 3.05) is 13.6 Å². The number of hydrogen-bond acceptors (Lipinski definition) is 1. The highest BCUT2D eigenvalue weighted by atomic mass is 35.5. The van der Waals surface area contributed by atoms with E-state index in [1.165, 1.54) is 17.2 Å². The van der Waals surface area contributed by atoms with Gasteiger partial charge in [-0.2, -0.15) is 0 Å². The van der Waals surface area contributed by atoms with Crippen molar-refractivity contribution < 1.29 is 4.39 Å². The molecule has 2 rings (SSSR count). The molecule has 1 nitrogen and oxygen atoms in total. The molecule has 112 valence electrons. The molecule has 0 heterocycles. The Morgan fingerprint density at radius 3 is 2.43 bits per heavy atom. The maximum Gasteiger partial charge on any atom is 0.127 e. The van der Waals surface area contributed by atoms with Gasteiger partial charge in [0.15, 0.2) is 0 Å². The summed E-state index contributed by atoms with van der Waals surface area (Å²) in [6.07, 6.45) is 1.55. The van der Waals surface area contributed by atoms with Crippen LogP contribution in [-0.4, -0.2) is 13.6 Å². The van der Waals surface area contributed by atoms with Gasteiger partial charge in [-0.05, 0) is 57.0 Å². The third kappa shape index (κ3) is 4.55. The number of aryl methyl sites for hydroxylation is 1. The summed E-state index contributed by atoms with van der Waals surface area (Å²) < 4.78 is 13.9. The van der Waals surface area contributed by atoms with Crippen molar-refractivity contribution >= 4 is 11.6 Å². The number of hydrogen-bond donors (Lipinski definition) is 1. The predicted molar refractivity (Wildman–Crippen MR) is 87.4 cm³/mol. The minimum atomic E-state index is -0.215. The first kappa shape index (κ1) is 16.0. The molecule has 3 heteroatoms. The van der Waals surface area contributed by atoms with Crippen LogP contribution < -0.4 is 5.32 Å². The number of nitrogens with one attached hydrogen (secondary N) is 1. The van der Waals surface area contributed by atoms with Gasteiger partial charge >= 0.3 is 0 Å². The van der Waals surface area contributed by atoms with Gasteiger partial charge in [-0.25, -0.2) is 4.39 Å². The van der Waals surface area contributed by atoms with Gasteiger partial charge in [-0.15, -0.1) is 0 Å². The minimum Gasteiger partial charge on any atom is -0.319 e. The third-order valence-corrected chi connectivity index (χ3v) is 4.05. The second-order valence-electron chi connectivity index (χ2n) is 5.52. The lowest BCUT2D eigenvalue weighted by Gasteiger charge is -2.18. The molecular formula is C18H21ClFN. The smallest absolute Gasteiger partial charge is 0.127 e. The van der Waals surface area contributed by atoms with Crippen LogP contribution >= 0.6 is 11.6 Å². The van der Waals surface area contributed by atoms with E-state index >= 15 is 0 Å². The molecular weight excluding hydrogens is 285 g/mol. The van der Waals surface area contributed by atoms with Gasteiger partial charge in [0.25, 0.3) is 0 Å². The maximum atomic E-state index is 13.9. The predicted octanol–water partition coefficient (Wildman–Crippen LogP) is 4.41. The Balaban J connectivity index is 2.13. The zero-order valence-corrected chi connectivity index (χ0v) is 13.3. The van der Waals surface area contributed by atoms with Crippen LogP contribution in [0.5, 0.6) is 0 Å². The van der Waals surface area contributed by atoms with Crippen LogP contribution in [0.1, 0.15) is 16.7 Å². The second kappa shape index (κ2) is 7.58. The Kier molecular flexibility index (Phi) is 5.77. The van der Waals surface area contributed by atoms with E-state index in [1.54, 1.807) is 12.1 Å². The Morgan fingerprint density at radius 1 is 1.10 bits per heavy atom. The fourth-order valence-electron chi connectivity index (χ4n) is 2.58. The van der Waals surface area contributed by atoms with E-state index < -0.39 is 0 Å². The summed E-state index contributed by atoms with van der Waals surface area (Å²) in [5.74, 6) is 0.0969. The zero-order valence-electron chi connectivity index (χ0n) is 12.5. The molecule has 2 aromatic rings. The molecule has 0 saturated heterocycles. The van der Waals surface area contributed by atoms with Crippen molar-refractivity contribution in [2.45, 2.75) is 19.8 Å². The van der Waals surface area contributed by atoms with E-state index in [-0.39, 0.29) is 5.82 Å². The summed E-state index contributed by atoms with van der Waals surface area (Å²) >= 11 is 6.14. The van der Waals surface area contributed by atoms with Gasteiger partial charge in [0, 0.05) is 10.6 Å². The van der Waals surface area contributed by atoms with Crippen LogP contribution in [0, 0.1) is 18.7 Å². The van der Waals surface area contributed by atoms with Gasteiger partial charge in [0.2, 0.25) is 0 Å². The zero-order chi connectivity index (χ0) is 15.2. The molecule has 0 saturated carbocycles. The number of halogens is 2. The molecule has 0 aliphatic heterocycles. The first-order chi connectivity index (χ1) is 10.1. The van der Waals surface area contributed by atoms with Crippen molar-refractivity contribution in [1.82, 2.24) is 5.32 Å². The van der Waals surface area contributed by atoms with Crippen molar-refractivity contribution in [2.24, 2.45) is 5.92 Å². The molecule has 1 unspecified atom stereocenters. The Labute approximate surface area is 131 Å². The van der Waals surface area contributed by atoms with Crippen LogP contribution in [0.2, 0.25) is 5.02 Å². The molecule has 1 atom stereocenters. The monoisotopic (exact) mass is 305 g/mol. The molecule has 0 radical (unpaired) electrons. The third-order valence-electron chi connectivity index (χ3n) is 3.69. The molecule has 21 heavy (non-hydrogen) atoms. The lowest BCUT2D eigenvalue weighted by molar-refractivity contribution is 0.480. The lowest BCUT2D eigenvalue weighted by Crippen LogP contribution is -2.23. The highest BCUT2D eigenvalue weighted by molar-refractivity contribution is 6.31. The molecule has 0 bridgehead atoms. The van der Waals surface area contributed by atoms with Crippen molar-refractivity contribution in [3.05, 3.63) is 70.0 Å². The average molecular weight is 306 g/mol. The Hall–Kier alpha value is -1.38. The standard InChI is InChI=1S/C18H21ClFN/c1-13-6-8-14(9-7-13)10-15(12-21-2)11-16-17(19)4-3-5-18(16)20/h3-9,15,21H,10-12H2,1-2H3. The molecule has 0 amide bonds. The topological polar surface area (TPSA) is 12.0 Å². The second-order valence-corrected chi connectivity index (χ2v) is 5.92. The molecule has 0 spiro atoms. The van der Waals surface area contributed by atoms with E-state index in [0.717, 1.165) is 13.0 Å². The molecule has 0 fully saturated rings. The molecule has 0 aromatic heterocycles. The minimum absolute atomic E-state index is 0.215. The molecule has 0 aliphatic rings. The summed E-state index contributed by atoms with van der Waals surface area (Å²) in [7, 11) is 1.92. The summed E-state index contributed by atoms with van der Waals surface area (Å²) in [6.45, 7) is 2.91. The van der Waals surface area contributed by atoms with E-state index in [0.29, 0.717) is 22.9 Å². The fraction of sp³-hybridized carbons (Fsp3) is 0.333. The van der Waals surface area contributed by atoms with E-state index in [2.05, 4.69) is 36.5 Å². The number of benzene rings is 2. The maximum absolute atomic E-state index is 13.9. The molecule has 0 aliphatic carbocycles. The van der Waals surface area contributed by atoms with E-state index in [1.807, 2.05) is 7.05 Å². The van der Waals surface area contributed by atoms with Crippen LogP contribution in [0.15, 0.2) is 42.5 Å². The van der Waals surface area contributed by atoms with Gasteiger partial charge in [-0.3, -0.25) is 0 Å². The van der Waals surface area contributed by atoms with Gasteiger partial charge < -0.3 is 5.32 Å².